The number of carbonyl (C=O) groups excluding carboxylic acids is 1. The van der Waals surface area contributed by atoms with Crippen molar-refractivity contribution in [3.8, 4) is 0 Å². The highest BCUT2D eigenvalue weighted by atomic mass is 35.5. The fourth-order valence-corrected chi connectivity index (χ4v) is 4.50. The van der Waals surface area contributed by atoms with Crippen molar-refractivity contribution < 1.29 is 18.0 Å². The van der Waals surface area contributed by atoms with Gasteiger partial charge in [-0.15, -0.1) is 0 Å². The van der Waals surface area contributed by atoms with Crippen molar-refractivity contribution in [1.82, 2.24) is 4.98 Å². The SMILES string of the molecule is O=C(N=S1CCN(c2ncc(C(F)(F)F)cc2Cl)CC1)Nc1ccc(Cl)cc1. The van der Waals surface area contributed by atoms with Gasteiger partial charge in [-0.25, -0.2) is 9.78 Å². The molecule has 5 nitrogen and oxygen atoms in total. The Morgan fingerprint density at radius 1 is 1.18 bits per heavy atom. The molecule has 150 valence electrons. The summed E-state index contributed by atoms with van der Waals surface area (Å²) in [6.45, 7) is 0.998. The van der Waals surface area contributed by atoms with Crippen LogP contribution in [0.1, 0.15) is 5.56 Å². The summed E-state index contributed by atoms with van der Waals surface area (Å²) in [5.41, 5.74) is -0.284. The Kier molecular flexibility index (Phi) is 6.47. The molecule has 11 heteroatoms. The Labute approximate surface area is 171 Å². The normalized spacial score (nSPS) is 15.4. The lowest BCUT2D eigenvalue weighted by atomic mass is 10.2. The second-order valence-corrected chi connectivity index (χ2v) is 8.68. The molecule has 1 aromatic heterocycles. The first-order valence-electron chi connectivity index (χ1n) is 8.16. The number of urea groups is 1. The molecule has 0 bridgehead atoms. The number of benzene rings is 1. The largest absolute Gasteiger partial charge is 0.417 e. The lowest BCUT2D eigenvalue weighted by Gasteiger charge is -2.29. The maximum absolute atomic E-state index is 12.7. The Balaban J connectivity index is 1.60. The highest BCUT2D eigenvalue weighted by molar-refractivity contribution is 7.87. The molecule has 0 spiro atoms. The van der Waals surface area contributed by atoms with Crippen LogP contribution in [0.2, 0.25) is 10.0 Å². The summed E-state index contributed by atoms with van der Waals surface area (Å²) in [5, 5.41) is 3.20. The third kappa shape index (κ3) is 5.36. The molecule has 0 saturated carbocycles. The van der Waals surface area contributed by atoms with Crippen LogP contribution in [-0.2, 0) is 16.9 Å². The topological polar surface area (TPSA) is 57.6 Å². The van der Waals surface area contributed by atoms with Crippen LogP contribution in [0.4, 0.5) is 29.5 Å². The van der Waals surface area contributed by atoms with Gasteiger partial charge in [0.05, 0.1) is 10.6 Å². The highest BCUT2D eigenvalue weighted by Crippen LogP contribution is 2.33. The molecule has 2 aromatic rings. The van der Waals surface area contributed by atoms with E-state index in [1.807, 2.05) is 0 Å². The van der Waals surface area contributed by atoms with Crippen LogP contribution in [0.25, 0.3) is 0 Å². The van der Waals surface area contributed by atoms with Crippen molar-refractivity contribution in [2.75, 3.05) is 34.8 Å². The minimum Gasteiger partial charge on any atom is -0.354 e. The quantitative estimate of drug-likeness (QED) is 0.678. The molecule has 1 fully saturated rings. The average molecular weight is 451 g/mol. The van der Waals surface area contributed by atoms with Gasteiger partial charge in [0.2, 0.25) is 0 Å². The lowest BCUT2D eigenvalue weighted by molar-refractivity contribution is -0.137. The summed E-state index contributed by atoms with van der Waals surface area (Å²) in [6.07, 6.45) is -3.71. The average Bonchev–Trinajstić information content (AvgIpc) is 2.63. The summed E-state index contributed by atoms with van der Waals surface area (Å²) in [5.74, 6) is 1.49. The van der Waals surface area contributed by atoms with E-state index in [0.717, 1.165) is 12.3 Å². The highest BCUT2D eigenvalue weighted by Gasteiger charge is 2.32. The molecule has 28 heavy (non-hydrogen) atoms. The number of carbonyl (C=O) groups is 1. The fourth-order valence-electron chi connectivity index (χ4n) is 2.56. The fraction of sp³-hybridized carbons (Fsp3) is 0.294. The van der Waals surface area contributed by atoms with E-state index in [-0.39, 0.29) is 5.02 Å². The number of rotatable bonds is 2. The molecule has 2 amide bonds. The van der Waals surface area contributed by atoms with Crippen LogP contribution in [0, 0.1) is 0 Å². The van der Waals surface area contributed by atoms with Crippen LogP contribution in [0.15, 0.2) is 40.9 Å². The van der Waals surface area contributed by atoms with Crippen LogP contribution in [-0.4, -0.2) is 35.6 Å². The van der Waals surface area contributed by atoms with E-state index in [1.54, 1.807) is 29.2 Å². The number of amides is 2. The summed E-state index contributed by atoms with van der Waals surface area (Å²) in [4.78, 5) is 17.7. The molecule has 2 heterocycles. The molecule has 1 aromatic carbocycles. The number of nitrogens with one attached hydrogen (secondary N) is 1. The molecule has 3 rings (SSSR count). The smallest absolute Gasteiger partial charge is 0.354 e. The van der Waals surface area contributed by atoms with Crippen LogP contribution < -0.4 is 10.2 Å². The minimum absolute atomic E-state index is 0.0472. The molecule has 1 aliphatic rings. The van der Waals surface area contributed by atoms with Gasteiger partial charge in [-0.3, -0.25) is 0 Å². The van der Waals surface area contributed by atoms with Crippen molar-refractivity contribution >= 4 is 51.4 Å². The van der Waals surface area contributed by atoms with E-state index in [2.05, 4.69) is 14.7 Å². The Morgan fingerprint density at radius 3 is 2.39 bits per heavy atom. The molecular formula is C17H15Cl2F3N4OS. The third-order valence-electron chi connectivity index (χ3n) is 3.95. The number of hydrogen-bond donors (Lipinski definition) is 1. The number of anilines is 2. The Morgan fingerprint density at radius 2 is 1.82 bits per heavy atom. The van der Waals surface area contributed by atoms with Gasteiger partial charge >= 0.3 is 12.2 Å². The monoisotopic (exact) mass is 450 g/mol. The first-order chi connectivity index (χ1) is 13.2. The van der Waals surface area contributed by atoms with Crippen LogP contribution in [0.5, 0.6) is 0 Å². The first-order valence-corrected chi connectivity index (χ1v) is 10.4. The van der Waals surface area contributed by atoms with Crippen molar-refractivity contribution in [2.45, 2.75) is 6.18 Å². The molecule has 0 unspecified atom stereocenters. The van der Waals surface area contributed by atoms with E-state index in [9.17, 15) is 18.0 Å². The van der Waals surface area contributed by atoms with E-state index in [4.69, 9.17) is 23.2 Å². The summed E-state index contributed by atoms with van der Waals surface area (Å²) in [7, 11) is -0.478. The molecule has 1 aliphatic heterocycles. The number of hydrogen-bond acceptors (Lipinski definition) is 3. The Bertz CT molecular complexity index is 896. The third-order valence-corrected chi connectivity index (χ3v) is 6.21. The zero-order chi connectivity index (χ0) is 20.3. The number of nitrogens with zero attached hydrogens (tertiary/aromatic N) is 3. The molecule has 1 N–H and O–H groups in total. The van der Waals surface area contributed by atoms with Gasteiger partial charge in [0.15, 0.2) is 0 Å². The number of halogens is 5. The molecule has 0 aliphatic carbocycles. The molecular weight excluding hydrogens is 436 g/mol. The molecule has 0 atom stereocenters. The predicted octanol–water partition coefficient (Wildman–Crippen LogP) is 5.26. The van der Waals surface area contributed by atoms with Gasteiger partial charge in [0, 0.05) is 41.5 Å². The summed E-state index contributed by atoms with van der Waals surface area (Å²) in [6, 6.07) is 7.13. The van der Waals surface area contributed by atoms with E-state index < -0.39 is 28.5 Å². The van der Waals surface area contributed by atoms with Gasteiger partial charge in [-0.2, -0.15) is 17.5 Å². The standard InChI is InChI=1S/C17H15Cl2F3N4OS/c18-12-1-3-13(4-2-12)24-16(27)25-28-7-5-26(6-8-28)15-14(19)9-11(10-23-15)17(20,21)22/h1-4,9-10H,5-8H2,(H,24,27). The molecule has 0 radical (unpaired) electrons. The second-order valence-electron chi connectivity index (χ2n) is 5.91. The van der Waals surface area contributed by atoms with E-state index in [0.29, 0.717) is 41.1 Å². The Hall–Kier alpha value is -1.84. The summed E-state index contributed by atoms with van der Waals surface area (Å²) < 4.78 is 42.3. The van der Waals surface area contributed by atoms with Gasteiger partial charge < -0.3 is 10.2 Å². The number of pyridine rings is 1. The second kappa shape index (κ2) is 8.67. The number of alkyl halides is 3. The lowest BCUT2D eigenvalue weighted by Crippen LogP contribution is -2.38. The van der Waals surface area contributed by atoms with Crippen molar-refractivity contribution in [3.63, 3.8) is 0 Å². The van der Waals surface area contributed by atoms with Crippen molar-refractivity contribution in [3.05, 3.63) is 52.1 Å². The van der Waals surface area contributed by atoms with Crippen molar-refractivity contribution in [1.29, 1.82) is 0 Å². The van der Waals surface area contributed by atoms with E-state index in [1.165, 1.54) is 0 Å². The van der Waals surface area contributed by atoms with Gasteiger partial charge in [-0.1, -0.05) is 33.9 Å². The number of aromatic nitrogens is 1. The zero-order valence-electron chi connectivity index (χ0n) is 14.3. The molecule has 1 saturated heterocycles. The maximum Gasteiger partial charge on any atom is 0.417 e. The van der Waals surface area contributed by atoms with Crippen LogP contribution >= 0.6 is 23.2 Å². The minimum atomic E-state index is -4.49. The van der Waals surface area contributed by atoms with Gasteiger partial charge in [-0.05, 0) is 30.3 Å². The maximum atomic E-state index is 12.7. The van der Waals surface area contributed by atoms with Crippen molar-refractivity contribution in [2.24, 2.45) is 4.36 Å². The summed E-state index contributed by atoms with van der Waals surface area (Å²) >= 11 is 11.8. The first kappa shape index (κ1) is 20.9. The van der Waals surface area contributed by atoms with Crippen LogP contribution in [0.3, 0.4) is 0 Å². The van der Waals surface area contributed by atoms with Gasteiger partial charge in [0.25, 0.3) is 0 Å². The van der Waals surface area contributed by atoms with E-state index >= 15 is 0 Å². The predicted molar refractivity (Wildman–Crippen MR) is 106 cm³/mol. The van der Waals surface area contributed by atoms with Gasteiger partial charge in [0.1, 0.15) is 5.82 Å². The zero-order valence-corrected chi connectivity index (χ0v) is 16.7.